The molecule has 3 fully saturated rings. The first kappa shape index (κ1) is 25.1. The lowest BCUT2D eigenvalue weighted by Gasteiger charge is -2.40. The van der Waals surface area contributed by atoms with Crippen molar-refractivity contribution in [2.75, 3.05) is 19.6 Å². The van der Waals surface area contributed by atoms with Crippen molar-refractivity contribution >= 4 is 11.8 Å². The largest absolute Gasteiger partial charge is 0.456 e. The highest BCUT2D eigenvalue weighted by Gasteiger charge is 2.41. The first-order chi connectivity index (χ1) is 17.3. The number of benzene rings is 1. The standard InChI is InChI=1S/C29H41N3O4/c1-29(2)35-19-26(36-29)28(34)31(18-20-7-4-3-5-8-20)13-14-32-24-11-12-25(32)17-23(16-24)21-9-6-10-22(15-21)27(30)33/h6,9-10,15,19-20,23-25H,3-5,7-8,11-14,16-18H2,1-2H3,(H2,30,33)/t23?,24-,25?/m0/s1. The zero-order chi connectivity index (χ0) is 25.3. The van der Waals surface area contributed by atoms with Crippen molar-refractivity contribution in [3.8, 4) is 0 Å². The Morgan fingerprint density at radius 2 is 1.81 bits per heavy atom. The number of amides is 2. The molecule has 0 radical (unpaired) electrons. The van der Waals surface area contributed by atoms with Crippen LogP contribution in [0.3, 0.4) is 0 Å². The molecule has 2 amide bonds. The lowest BCUT2D eigenvalue weighted by Crippen LogP contribution is -2.48. The molecule has 36 heavy (non-hydrogen) atoms. The van der Waals surface area contributed by atoms with E-state index in [1.165, 1.54) is 56.8 Å². The van der Waals surface area contributed by atoms with Gasteiger partial charge in [0.2, 0.25) is 17.5 Å². The van der Waals surface area contributed by atoms with Crippen LogP contribution in [0.25, 0.3) is 0 Å². The lowest BCUT2D eigenvalue weighted by atomic mass is 9.84. The minimum absolute atomic E-state index is 0.0448. The number of carbonyl (C=O) groups excluding carboxylic acids is 2. The first-order valence-electron chi connectivity index (χ1n) is 13.8. The molecule has 7 heteroatoms. The summed E-state index contributed by atoms with van der Waals surface area (Å²) in [6, 6.07) is 8.89. The molecule has 196 valence electrons. The van der Waals surface area contributed by atoms with E-state index in [0.29, 0.717) is 41.8 Å². The fourth-order valence-electron chi connectivity index (χ4n) is 6.81. The number of rotatable bonds is 8. The lowest BCUT2D eigenvalue weighted by molar-refractivity contribution is -0.145. The maximum atomic E-state index is 13.5. The second-order valence-electron chi connectivity index (χ2n) is 11.6. The molecule has 0 aromatic heterocycles. The van der Waals surface area contributed by atoms with E-state index in [1.807, 2.05) is 30.9 Å². The number of nitrogens with zero attached hydrogens (tertiary/aromatic N) is 2. The van der Waals surface area contributed by atoms with Gasteiger partial charge in [0.15, 0.2) is 0 Å². The van der Waals surface area contributed by atoms with Crippen molar-refractivity contribution in [1.29, 1.82) is 0 Å². The second-order valence-corrected chi connectivity index (χ2v) is 11.6. The number of nitrogens with two attached hydrogens (primary N) is 1. The van der Waals surface area contributed by atoms with Crippen LogP contribution in [0.2, 0.25) is 0 Å². The molecule has 2 unspecified atom stereocenters. The number of hydrogen-bond donors (Lipinski definition) is 1. The van der Waals surface area contributed by atoms with Gasteiger partial charge in [-0.3, -0.25) is 14.5 Å². The average molecular weight is 496 g/mol. The quantitative estimate of drug-likeness (QED) is 0.573. The third-order valence-corrected chi connectivity index (χ3v) is 8.66. The highest BCUT2D eigenvalue weighted by molar-refractivity contribution is 5.93. The molecule has 5 rings (SSSR count). The topological polar surface area (TPSA) is 85.1 Å². The van der Waals surface area contributed by atoms with Crippen LogP contribution < -0.4 is 5.73 Å². The van der Waals surface area contributed by atoms with E-state index in [-0.39, 0.29) is 11.8 Å². The van der Waals surface area contributed by atoms with Crippen LogP contribution in [0.5, 0.6) is 0 Å². The summed E-state index contributed by atoms with van der Waals surface area (Å²) in [7, 11) is 0. The van der Waals surface area contributed by atoms with Gasteiger partial charge in [-0.05, 0) is 68.1 Å². The summed E-state index contributed by atoms with van der Waals surface area (Å²) in [5.41, 5.74) is 7.34. The summed E-state index contributed by atoms with van der Waals surface area (Å²) in [6.45, 7) is 6.06. The van der Waals surface area contributed by atoms with Crippen molar-refractivity contribution in [2.45, 2.75) is 95.4 Å². The Labute approximate surface area is 215 Å². The van der Waals surface area contributed by atoms with E-state index in [1.54, 1.807) is 6.07 Å². The Balaban J connectivity index is 1.24. The van der Waals surface area contributed by atoms with Crippen molar-refractivity contribution in [3.63, 3.8) is 0 Å². The van der Waals surface area contributed by atoms with Crippen molar-refractivity contribution in [3.05, 3.63) is 47.4 Å². The Morgan fingerprint density at radius 1 is 1.08 bits per heavy atom. The highest BCUT2D eigenvalue weighted by Crippen LogP contribution is 2.43. The molecule has 7 nitrogen and oxygen atoms in total. The highest BCUT2D eigenvalue weighted by atomic mass is 16.7. The number of hydrogen-bond acceptors (Lipinski definition) is 5. The molecular formula is C29H41N3O4. The number of ether oxygens (including phenoxy) is 2. The molecule has 1 aromatic rings. The van der Waals surface area contributed by atoms with Crippen molar-refractivity contribution in [2.24, 2.45) is 11.7 Å². The zero-order valence-corrected chi connectivity index (χ0v) is 21.8. The third-order valence-electron chi connectivity index (χ3n) is 8.66. The molecule has 2 N–H and O–H groups in total. The van der Waals surface area contributed by atoms with Crippen LogP contribution in [0.1, 0.15) is 93.5 Å². The van der Waals surface area contributed by atoms with Gasteiger partial charge in [0, 0.05) is 51.1 Å². The minimum Gasteiger partial charge on any atom is -0.456 e. The van der Waals surface area contributed by atoms with Crippen LogP contribution in [-0.2, 0) is 14.3 Å². The monoisotopic (exact) mass is 495 g/mol. The van der Waals surface area contributed by atoms with E-state index >= 15 is 0 Å². The molecule has 1 aromatic carbocycles. The number of fused-ring (bicyclic) bond motifs is 2. The summed E-state index contributed by atoms with van der Waals surface area (Å²) in [5.74, 6) is 0.153. The molecule has 2 saturated heterocycles. The molecule has 1 saturated carbocycles. The molecular weight excluding hydrogens is 454 g/mol. The Morgan fingerprint density at radius 3 is 2.44 bits per heavy atom. The molecule has 3 aliphatic heterocycles. The summed E-state index contributed by atoms with van der Waals surface area (Å²) >= 11 is 0. The number of piperidine rings is 1. The predicted molar refractivity (Wildman–Crippen MR) is 138 cm³/mol. The van der Waals surface area contributed by atoms with Gasteiger partial charge in [0.05, 0.1) is 0 Å². The Kier molecular flexibility index (Phi) is 7.29. The summed E-state index contributed by atoms with van der Waals surface area (Å²) in [6.07, 6.45) is 12.3. The van der Waals surface area contributed by atoms with E-state index in [2.05, 4.69) is 11.0 Å². The van der Waals surface area contributed by atoms with Crippen LogP contribution in [0, 0.1) is 5.92 Å². The van der Waals surface area contributed by atoms with Gasteiger partial charge in [-0.2, -0.15) is 0 Å². The number of primary amides is 1. The maximum Gasteiger partial charge on any atom is 0.292 e. The molecule has 1 aliphatic carbocycles. The van der Waals surface area contributed by atoms with Crippen LogP contribution >= 0.6 is 0 Å². The van der Waals surface area contributed by atoms with E-state index in [9.17, 15) is 9.59 Å². The normalized spacial score (nSPS) is 27.7. The molecule has 3 atom stereocenters. The van der Waals surface area contributed by atoms with Gasteiger partial charge >= 0.3 is 0 Å². The Bertz CT molecular complexity index is 986. The van der Waals surface area contributed by atoms with Gasteiger partial charge in [0.25, 0.3) is 5.91 Å². The van der Waals surface area contributed by atoms with Gasteiger partial charge in [-0.15, -0.1) is 0 Å². The molecule has 3 heterocycles. The summed E-state index contributed by atoms with van der Waals surface area (Å²) < 4.78 is 11.4. The van der Waals surface area contributed by atoms with Crippen LogP contribution in [-0.4, -0.2) is 59.1 Å². The first-order valence-corrected chi connectivity index (χ1v) is 13.8. The van der Waals surface area contributed by atoms with E-state index in [0.717, 1.165) is 25.9 Å². The zero-order valence-electron chi connectivity index (χ0n) is 21.8. The summed E-state index contributed by atoms with van der Waals surface area (Å²) in [5, 5.41) is 0. The van der Waals surface area contributed by atoms with Crippen molar-refractivity contribution in [1.82, 2.24) is 9.80 Å². The summed E-state index contributed by atoms with van der Waals surface area (Å²) in [4.78, 5) is 29.8. The molecule has 2 bridgehead atoms. The minimum atomic E-state index is -0.783. The van der Waals surface area contributed by atoms with Gasteiger partial charge in [-0.1, -0.05) is 31.4 Å². The molecule has 0 spiro atoms. The number of carbonyl (C=O) groups is 2. The van der Waals surface area contributed by atoms with Crippen LogP contribution in [0.4, 0.5) is 0 Å². The van der Waals surface area contributed by atoms with E-state index < -0.39 is 5.79 Å². The maximum absolute atomic E-state index is 13.5. The Hall–Kier alpha value is -2.54. The predicted octanol–water partition coefficient (Wildman–Crippen LogP) is 4.53. The fraction of sp³-hybridized carbons (Fsp3) is 0.655. The van der Waals surface area contributed by atoms with Gasteiger partial charge in [-0.25, -0.2) is 0 Å². The SMILES string of the molecule is CC1(C)OC=C(C(=O)N(CCN2C3CC[C@H]2CC(c2cccc(C(N)=O)c2)C3)CC2CCCCC2)O1. The van der Waals surface area contributed by atoms with Gasteiger partial charge < -0.3 is 20.1 Å². The van der Waals surface area contributed by atoms with E-state index in [4.69, 9.17) is 15.2 Å². The van der Waals surface area contributed by atoms with Crippen molar-refractivity contribution < 1.29 is 19.1 Å². The molecule has 4 aliphatic rings. The van der Waals surface area contributed by atoms with Crippen LogP contribution in [0.15, 0.2) is 36.3 Å². The van der Waals surface area contributed by atoms with Gasteiger partial charge in [0.1, 0.15) is 6.26 Å². The third kappa shape index (κ3) is 5.56. The average Bonchev–Trinajstić information content (AvgIpc) is 3.35. The second kappa shape index (κ2) is 10.4. The fourth-order valence-corrected chi connectivity index (χ4v) is 6.81. The smallest absolute Gasteiger partial charge is 0.292 e.